The number of aromatic nitrogens is 2. The fourth-order valence-electron chi connectivity index (χ4n) is 2.36. The molecule has 0 radical (unpaired) electrons. The highest BCUT2D eigenvalue weighted by Crippen LogP contribution is 2.26. The zero-order valence-corrected chi connectivity index (χ0v) is 14.4. The summed E-state index contributed by atoms with van der Waals surface area (Å²) in [5, 5.41) is 24.0. The maximum absolute atomic E-state index is 12.6. The van der Waals surface area contributed by atoms with Gasteiger partial charge in [-0.2, -0.15) is 0 Å². The Morgan fingerprint density at radius 1 is 1.24 bits per heavy atom. The number of halogens is 1. The van der Waals surface area contributed by atoms with E-state index in [1.165, 1.54) is 29.0 Å². The maximum Gasteiger partial charge on any atom is 0.311 e. The topological polar surface area (TPSA) is 101 Å². The van der Waals surface area contributed by atoms with E-state index in [2.05, 4.69) is 27.6 Å². The largest absolute Gasteiger partial charge is 0.502 e. The Balaban J connectivity index is 2.16. The second-order valence-electron chi connectivity index (χ2n) is 5.27. The molecule has 2 N–H and O–H groups in total. The average Bonchev–Trinajstić information content (AvgIpc) is 2.85. The molecular formula is C17H12BrN3O4. The molecule has 3 rings (SSSR count). The first kappa shape index (κ1) is 16.7. The summed E-state index contributed by atoms with van der Waals surface area (Å²) >= 11 is 3.33. The summed E-state index contributed by atoms with van der Waals surface area (Å²) in [5.74, 6) is -0.432. The molecule has 0 fully saturated rings. The Morgan fingerprint density at radius 3 is 2.56 bits per heavy atom. The van der Waals surface area contributed by atoms with Crippen molar-refractivity contribution in [3.05, 3.63) is 83.5 Å². The molecule has 0 aliphatic rings. The van der Waals surface area contributed by atoms with Gasteiger partial charge in [0.25, 0.3) is 5.56 Å². The Morgan fingerprint density at radius 2 is 1.92 bits per heavy atom. The van der Waals surface area contributed by atoms with E-state index < -0.39 is 16.4 Å². The van der Waals surface area contributed by atoms with E-state index >= 15 is 0 Å². The molecule has 0 aliphatic heterocycles. The van der Waals surface area contributed by atoms with Gasteiger partial charge in [0, 0.05) is 10.5 Å². The number of nitrogens with one attached hydrogen (secondary N) is 1. The maximum atomic E-state index is 12.6. The lowest BCUT2D eigenvalue weighted by atomic mass is 10.1. The first-order valence-corrected chi connectivity index (χ1v) is 7.91. The number of phenols is 1. The number of aromatic hydroxyl groups is 1. The minimum Gasteiger partial charge on any atom is -0.502 e. The smallest absolute Gasteiger partial charge is 0.311 e. The lowest BCUT2D eigenvalue weighted by Gasteiger charge is -2.00. The van der Waals surface area contributed by atoms with Crippen molar-refractivity contribution in [1.29, 1.82) is 0 Å². The van der Waals surface area contributed by atoms with E-state index in [9.17, 15) is 20.0 Å². The van der Waals surface area contributed by atoms with Crippen LogP contribution in [0.1, 0.15) is 5.56 Å². The predicted octanol–water partition coefficient (Wildman–Crippen LogP) is 1.78. The highest BCUT2D eigenvalue weighted by atomic mass is 79.9. The van der Waals surface area contributed by atoms with Crippen LogP contribution < -0.4 is 16.1 Å². The fraction of sp³-hybridized carbons (Fsp3) is 0. The van der Waals surface area contributed by atoms with Crippen molar-refractivity contribution in [3.8, 4) is 11.4 Å². The number of rotatable bonds is 3. The fourth-order valence-corrected chi connectivity index (χ4v) is 2.62. The van der Waals surface area contributed by atoms with E-state index in [0.29, 0.717) is 16.6 Å². The summed E-state index contributed by atoms with van der Waals surface area (Å²) in [4.78, 5) is 22.9. The van der Waals surface area contributed by atoms with Crippen LogP contribution in [0.4, 0.5) is 5.69 Å². The Labute approximate surface area is 149 Å². The van der Waals surface area contributed by atoms with Crippen LogP contribution >= 0.6 is 15.9 Å². The summed E-state index contributed by atoms with van der Waals surface area (Å²) in [6.45, 7) is 3.82. The summed E-state index contributed by atoms with van der Waals surface area (Å²) in [6.07, 6.45) is 1.49. The zero-order chi connectivity index (χ0) is 18.1. The molecule has 0 unspecified atom stereocenters. The van der Waals surface area contributed by atoms with Crippen molar-refractivity contribution in [2.75, 3.05) is 0 Å². The molecule has 126 valence electrons. The Kier molecular flexibility index (Phi) is 4.28. The van der Waals surface area contributed by atoms with Crippen LogP contribution in [-0.2, 0) is 0 Å². The molecule has 0 atom stereocenters. The van der Waals surface area contributed by atoms with Gasteiger partial charge in [0.2, 0.25) is 0 Å². The van der Waals surface area contributed by atoms with Gasteiger partial charge in [-0.3, -0.25) is 20.0 Å². The van der Waals surface area contributed by atoms with Gasteiger partial charge in [-0.25, -0.2) is 4.68 Å². The second kappa shape index (κ2) is 6.40. The molecule has 8 heteroatoms. The number of hydrogen-bond donors (Lipinski definition) is 2. The van der Waals surface area contributed by atoms with E-state index in [1.54, 1.807) is 24.3 Å². The number of nitro groups is 1. The molecule has 7 nitrogen and oxygen atoms in total. The number of nitrogens with zero attached hydrogens (tertiary/aromatic N) is 2. The second-order valence-corrected chi connectivity index (χ2v) is 6.19. The number of phenolic OH excluding ortho intramolecular Hbond substituents is 1. The van der Waals surface area contributed by atoms with Gasteiger partial charge in [0.15, 0.2) is 5.75 Å². The van der Waals surface area contributed by atoms with Gasteiger partial charge in [0.05, 0.1) is 21.2 Å². The minimum absolute atomic E-state index is 0.280. The molecule has 1 aromatic heterocycles. The van der Waals surface area contributed by atoms with Crippen molar-refractivity contribution < 1.29 is 10.0 Å². The molecule has 0 saturated carbocycles. The molecule has 0 bridgehead atoms. The number of hydrogen-bond acceptors (Lipinski definition) is 4. The van der Waals surface area contributed by atoms with Crippen LogP contribution in [0.25, 0.3) is 18.3 Å². The SMILES string of the molecule is C=c1[nH]n(-c2ccc(Br)cc2)c(=O)/c1=C\c1ccc(O)c([N+](=O)[O-])c1. The van der Waals surface area contributed by atoms with Crippen molar-refractivity contribution in [2.45, 2.75) is 0 Å². The molecule has 0 aliphatic carbocycles. The Bertz CT molecular complexity index is 1130. The molecule has 3 aromatic rings. The van der Waals surface area contributed by atoms with Crippen LogP contribution in [0.15, 0.2) is 51.7 Å². The summed E-state index contributed by atoms with van der Waals surface area (Å²) < 4.78 is 2.23. The minimum atomic E-state index is -0.686. The highest BCUT2D eigenvalue weighted by Gasteiger charge is 2.13. The van der Waals surface area contributed by atoms with Crippen molar-refractivity contribution in [2.24, 2.45) is 0 Å². The molecule has 0 amide bonds. The third-order valence-electron chi connectivity index (χ3n) is 3.60. The van der Waals surface area contributed by atoms with Crippen LogP contribution in [-0.4, -0.2) is 19.8 Å². The highest BCUT2D eigenvalue weighted by molar-refractivity contribution is 9.10. The number of benzene rings is 2. The van der Waals surface area contributed by atoms with E-state index in [0.717, 1.165) is 4.47 Å². The lowest BCUT2D eigenvalue weighted by Crippen LogP contribution is -2.33. The lowest BCUT2D eigenvalue weighted by molar-refractivity contribution is -0.385. The van der Waals surface area contributed by atoms with E-state index in [-0.39, 0.29) is 10.8 Å². The van der Waals surface area contributed by atoms with Gasteiger partial charge in [-0.1, -0.05) is 28.6 Å². The number of nitro benzene ring substituents is 1. The summed E-state index contributed by atoms with van der Waals surface area (Å²) in [5.41, 5.74) is 0.286. The first-order chi connectivity index (χ1) is 11.9. The van der Waals surface area contributed by atoms with E-state index in [1.807, 2.05) is 0 Å². The van der Waals surface area contributed by atoms with Crippen LogP contribution in [0.5, 0.6) is 5.75 Å². The first-order valence-electron chi connectivity index (χ1n) is 7.12. The quantitative estimate of drug-likeness (QED) is 0.515. The van der Waals surface area contributed by atoms with Gasteiger partial charge in [-0.05, 0) is 42.0 Å². The van der Waals surface area contributed by atoms with Crippen LogP contribution in [0.2, 0.25) is 0 Å². The predicted molar refractivity (Wildman–Crippen MR) is 97.2 cm³/mol. The molecule has 0 spiro atoms. The molecule has 25 heavy (non-hydrogen) atoms. The van der Waals surface area contributed by atoms with Crippen LogP contribution in [0, 0.1) is 10.1 Å². The summed E-state index contributed by atoms with van der Waals surface area (Å²) in [6, 6.07) is 11.0. The van der Waals surface area contributed by atoms with Crippen molar-refractivity contribution in [3.63, 3.8) is 0 Å². The Hall–Kier alpha value is -3.13. The van der Waals surface area contributed by atoms with Crippen LogP contribution in [0.3, 0.4) is 0 Å². The van der Waals surface area contributed by atoms with Crippen molar-refractivity contribution >= 4 is 34.3 Å². The van der Waals surface area contributed by atoms with Gasteiger partial charge in [-0.15, -0.1) is 0 Å². The van der Waals surface area contributed by atoms with E-state index in [4.69, 9.17) is 0 Å². The van der Waals surface area contributed by atoms with Crippen molar-refractivity contribution in [1.82, 2.24) is 9.78 Å². The monoisotopic (exact) mass is 401 g/mol. The number of H-pyrrole nitrogens is 1. The average molecular weight is 402 g/mol. The molecule has 0 saturated heterocycles. The van der Waals surface area contributed by atoms with Gasteiger partial charge >= 0.3 is 5.69 Å². The standard InChI is InChI=1S/C17H12BrN3O4/c1-10-14(8-11-2-7-16(22)15(9-11)21(24)25)17(23)20(19-10)13-5-3-12(18)4-6-13/h2-9,19,22H,1H2/b14-8-. The molecule has 2 aromatic carbocycles. The van der Waals surface area contributed by atoms with Gasteiger partial charge in [0.1, 0.15) is 0 Å². The normalized spacial score (nSPS) is 11.6. The third kappa shape index (κ3) is 3.24. The number of aromatic amines is 1. The molecule has 1 heterocycles. The third-order valence-corrected chi connectivity index (χ3v) is 4.13. The summed E-state index contributed by atoms with van der Waals surface area (Å²) in [7, 11) is 0. The molecular weight excluding hydrogens is 390 g/mol. The van der Waals surface area contributed by atoms with Gasteiger partial charge < -0.3 is 5.11 Å². The zero-order valence-electron chi connectivity index (χ0n) is 12.8.